The van der Waals surface area contributed by atoms with Crippen molar-refractivity contribution in [3.63, 3.8) is 0 Å². The van der Waals surface area contributed by atoms with Crippen molar-refractivity contribution in [1.29, 1.82) is 0 Å². The molecule has 0 saturated heterocycles. The van der Waals surface area contributed by atoms with E-state index >= 15 is 0 Å². The average molecular weight is 821 g/mol. The Morgan fingerprint density at radius 3 is 2.14 bits per heavy atom. The van der Waals surface area contributed by atoms with Crippen LogP contribution in [0.3, 0.4) is 0 Å². The molecule has 0 saturated carbocycles. The van der Waals surface area contributed by atoms with Gasteiger partial charge in [-0.15, -0.1) is 41.3 Å². The Kier molecular flexibility index (Phi) is 7.22. The summed E-state index contributed by atoms with van der Waals surface area (Å²) in [5, 5.41) is 4.73. The molecule has 3 heterocycles. The molecule has 1 aliphatic carbocycles. The van der Waals surface area contributed by atoms with E-state index in [1.165, 1.54) is 33.0 Å². The molecule has 5 heteroatoms. The second kappa shape index (κ2) is 11.9. The maximum atomic E-state index is 6.46. The van der Waals surface area contributed by atoms with Crippen LogP contribution in [0.2, 0.25) is 0 Å². The number of hydrogen-bond acceptors (Lipinski definition) is 3. The van der Waals surface area contributed by atoms with Gasteiger partial charge in [0.15, 0.2) is 0 Å². The summed E-state index contributed by atoms with van der Waals surface area (Å²) in [6, 6.07) is 53.5. The Labute approximate surface area is 303 Å². The minimum absolute atomic E-state index is 0. The fraction of sp³-hybridized carbons (Fsp3) is 0.0222. The van der Waals surface area contributed by atoms with Gasteiger partial charge in [-0.05, 0) is 80.4 Å². The molecule has 0 N–H and O–H groups in total. The number of para-hydroxylation sites is 1. The van der Waals surface area contributed by atoms with Gasteiger partial charge in [0.2, 0.25) is 0 Å². The number of pyridine rings is 2. The van der Waals surface area contributed by atoms with Crippen LogP contribution in [-0.2, 0) is 21.1 Å². The summed E-state index contributed by atoms with van der Waals surface area (Å²) >= 11 is 0. The van der Waals surface area contributed by atoms with Crippen molar-refractivity contribution in [1.82, 2.24) is 14.5 Å². The van der Waals surface area contributed by atoms with Gasteiger partial charge in [-0.25, -0.2) is 4.98 Å². The van der Waals surface area contributed by atoms with E-state index in [4.69, 9.17) is 14.7 Å². The molecule has 0 radical (unpaired) electrons. The molecular formula is C45H27N3OPt. The first-order valence-electron chi connectivity index (χ1n) is 16.4. The van der Waals surface area contributed by atoms with Crippen LogP contribution in [-0.4, -0.2) is 14.5 Å². The third-order valence-electron chi connectivity index (χ3n) is 9.56. The molecule has 0 spiro atoms. The summed E-state index contributed by atoms with van der Waals surface area (Å²) in [5.41, 5.74) is 12.0. The summed E-state index contributed by atoms with van der Waals surface area (Å²) in [6.07, 6.45) is 3.86. The Hall–Kier alpha value is -5.83. The van der Waals surface area contributed by atoms with E-state index in [-0.39, 0.29) is 21.1 Å². The number of rotatable bonds is 4. The van der Waals surface area contributed by atoms with Crippen LogP contribution in [0.25, 0.3) is 83.0 Å². The zero-order valence-corrected chi connectivity index (χ0v) is 29.2. The van der Waals surface area contributed by atoms with Crippen LogP contribution in [0, 0.1) is 19.1 Å². The number of aryl methyl sites for hydroxylation is 1. The SMILES string of the molecule is Cc1ccnc(-n2c3[c-]c(Oc4[c-]c(-c5cc6c(cn5)-c5cccc7cccc(c57)-c5ccccc5-6)ccc4)ccc3c3ccccc32)c1.[Pt+2]. The van der Waals surface area contributed by atoms with E-state index in [1.807, 2.05) is 42.7 Å². The molecule has 0 amide bonds. The van der Waals surface area contributed by atoms with Crippen LogP contribution in [0.5, 0.6) is 11.5 Å². The van der Waals surface area contributed by atoms with E-state index in [0.717, 1.165) is 55.6 Å². The molecule has 0 unspecified atom stereocenters. The topological polar surface area (TPSA) is 39.9 Å². The molecule has 1 aliphatic rings. The van der Waals surface area contributed by atoms with Crippen LogP contribution < -0.4 is 4.74 Å². The standard InChI is InChI=1S/C45H27N3O.Pt/c1-28-21-22-46-44(23-28)48-42-18-5-4-15-35(42)36-20-19-32(25-43(36)48)49-31-12-6-11-30(24-31)41-26-39-34-14-3-2-13-33(34)37-16-7-9-29-10-8-17-38(45(29)37)40(39)27-47-41;/h2-23,26-27H,1H3;/q-2;+2. The van der Waals surface area contributed by atoms with Gasteiger partial charge in [-0.1, -0.05) is 96.5 Å². The van der Waals surface area contributed by atoms with Crippen molar-refractivity contribution >= 4 is 32.6 Å². The summed E-state index contributed by atoms with van der Waals surface area (Å²) in [5.74, 6) is 2.05. The number of aromatic nitrogens is 3. The largest absolute Gasteiger partial charge is 2.00 e. The maximum Gasteiger partial charge on any atom is 2.00 e. The first-order valence-corrected chi connectivity index (χ1v) is 16.4. The molecule has 0 bridgehead atoms. The number of nitrogens with zero attached hydrogens (tertiary/aromatic N) is 3. The Morgan fingerprint density at radius 2 is 1.30 bits per heavy atom. The molecule has 3 aromatic heterocycles. The fourth-order valence-corrected chi connectivity index (χ4v) is 7.37. The summed E-state index contributed by atoms with van der Waals surface area (Å²) < 4.78 is 8.61. The molecule has 0 aliphatic heterocycles. The minimum Gasteiger partial charge on any atom is -0.503 e. The van der Waals surface area contributed by atoms with Gasteiger partial charge in [0.1, 0.15) is 5.82 Å². The molecule has 9 aromatic rings. The van der Waals surface area contributed by atoms with Gasteiger partial charge in [0.25, 0.3) is 0 Å². The zero-order chi connectivity index (χ0) is 32.5. The van der Waals surface area contributed by atoms with Crippen molar-refractivity contribution < 1.29 is 25.8 Å². The first-order chi connectivity index (χ1) is 24.2. The van der Waals surface area contributed by atoms with Crippen LogP contribution in [0.4, 0.5) is 0 Å². The van der Waals surface area contributed by atoms with E-state index in [2.05, 4.69) is 127 Å². The average Bonchev–Trinajstić information content (AvgIpc) is 3.42. The predicted molar refractivity (Wildman–Crippen MR) is 198 cm³/mol. The van der Waals surface area contributed by atoms with Crippen molar-refractivity contribution in [3.05, 3.63) is 164 Å². The third-order valence-corrected chi connectivity index (χ3v) is 9.56. The molecule has 50 heavy (non-hydrogen) atoms. The number of benzene rings is 6. The van der Waals surface area contributed by atoms with Crippen LogP contribution in [0.15, 0.2) is 146 Å². The molecule has 238 valence electrons. The summed E-state index contributed by atoms with van der Waals surface area (Å²) in [6.45, 7) is 2.08. The van der Waals surface area contributed by atoms with Gasteiger partial charge < -0.3 is 14.3 Å². The van der Waals surface area contributed by atoms with Gasteiger partial charge in [0.05, 0.1) is 0 Å². The fourth-order valence-electron chi connectivity index (χ4n) is 7.37. The number of hydrogen-bond donors (Lipinski definition) is 0. The predicted octanol–water partition coefficient (Wildman–Crippen LogP) is 11.4. The second-order valence-electron chi connectivity index (χ2n) is 12.5. The van der Waals surface area contributed by atoms with Crippen molar-refractivity contribution in [3.8, 4) is 62.0 Å². The molecule has 0 atom stereocenters. The van der Waals surface area contributed by atoms with E-state index < -0.39 is 0 Å². The van der Waals surface area contributed by atoms with E-state index in [1.54, 1.807) is 0 Å². The smallest absolute Gasteiger partial charge is 0.503 e. The van der Waals surface area contributed by atoms with E-state index in [9.17, 15) is 0 Å². The van der Waals surface area contributed by atoms with Crippen molar-refractivity contribution in [2.45, 2.75) is 6.92 Å². The van der Waals surface area contributed by atoms with Crippen molar-refractivity contribution in [2.75, 3.05) is 0 Å². The number of fused-ring (bicyclic) bond motifs is 8. The van der Waals surface area contributed by atoms with Gasteiger partial charge in [-0.2, -0.15) is 6.07 Å². The Bertz CT molecular complexity index is 2780. The molecular weight excluding hydrogens is 794 g/mol. The minimum atomic E-state index is 0. The number of ether oxygens (including phenoxy) is 1. The monoisotopic (exact) mass is 820 g/mol. The Morgan fingerprint density at radius 1 is 0.580 bits per heavy atom. The molecule has 0 fully saturated rings. The van der Waals surface area contributed by atoms with Crippen LogP contribution in [0.1, 0.15) is 5.56 Å². The molecule has 4 nitrogen and oxygen atoms in total. The normalized spacial score (nSPS) is 11.5. The maximum absolute atomic E-state index is 6.46. The van der Waals surface area contributed by atoms with E-state index in [0.29, 0.717) is 11.5 Å². The van der Waals surface area contributed by atoms with Crippen molar-refractivity contribution in [2.24, 2.45) is 0 Å². The third kappa shape index (κ3) is 4.79. The summed E-state index contributed by atoms with van der Waals surface area (Å²) in [4.78, 5) is 9.70. The van der Waals surface area contributed by atoms with Crippen LogP contribution >= 0.6 is 0 Å². The van der Waals surface area contributed by atoms with Gasteiger partial charge in [0, 0.05) is 35.0 Å². The summed E-state index contributed by atoms with van der Waals surface area (Å²) in [7, 11) is 0. The molecule has 10 rings (SSSR count). The van der Waals surface area contributed by atoms with Gasteiger partial charge in [-0.3, -0.25) is 0 Å². The first kappa shape index (κ1) is 30.2. The van der Waals surface area contributed by atoms with Gasteiger partial charge >= 0.3 is 21.1 Å². The Balaban J connectivity index is 0.00000336. The quantitative estimate of drug-likeness (QED) is 0.166. The zero-order valence-electron chi connectivity index (χ0n) is 26.9. The molecule has 6 aromatic carbocycles. The second-order valence-corrected chi connectivity index (χ2v) is 12.5.